The van der Waals surface area contributed by atoms with Gasteiger partial charge in [0.15, 0.2) is 0 Å². The van der Waals surface area contributed by atoms with Crippen LogP contribution in [0.4, 0.5) is 0 Å². The SMILES string of the molecule is CCNC(COC1CCOCC1)C(C)(C)C. The summed E-state index contributed by atoms with van der Waals surface area (Å²) < 4.78 is 11.3. The number of ether oxygens (including phenoxy) is 2. The van der Waals surface area contributed by atoms with E-state index in [1.807, 2.05) is 0 Å². The summed E-state index contributed by atoms with van der Waals surface area (Å²) in [6, 6.07) is 0.431. The molecule has 0 aliphatic carbocycles. The Morgan fingerprint density at radius 1 is 1.31 bits per heavy atom. The molecule has 0 radical (unpaired) electrons. The van der Waals surface area contributed by atoms with Gasteiger partial charge in [-0.05, 0) is 24.8 Å². The molecule has 0 aromatic heterocycles. The van der Waals surface area contributed by atoms with E-state index in [0.29, 0.717) is 12.1 Å². The second-order valence-electron chi connectivity index (χ2n) is 5.62. The van der Waals surface area contributed by atoms with Crippen LogP contribution in [0.1, 0.15) is 40.5 Å². The van der Waals surface area contributed by atoms with Crippen molar-refractivity contribution in [2.75, 3.05) is 26.4 Å². The van der Waals surface area contributed by atoms with Gasteiger partial charge in [0.2, 0.25) is 0 Å². The minimum absolute atomic E-state index is 0.251. The zero-order valence-electron chi connectivity index (χ0n) is 11.2. The Labute approximate surface area is 99.9 Å². The van der Waals surface area contributed by atoms with E-state index in [0.717, 1.165) is 39.2 Å². The predicted molar refractivity (Wildman–Crippen MR) is 66.7 cm³/mol. The monoisotopic (exact) mass is 229 g/mol. The van der Waals surface area contributed by atoms with E-state index in [4.69, 9.17) is 9.47 Å². The largest absolute Gasteiger partial charge is 0.381 e. The summed E-state index contributed by atoms with van der Waals surface area (Å²) in [5.74, 6) is 0. The summed E-state index contributed by atoms with van der Waals surface area (Å²) in [7, 11) is 0. The van der Waals surface area contributed by atoms with Gasteiger partial charge in [0, 0.05) is 19.3 Å². The molecule has 1 rings (SSSR count). The average Bonchev–Trinajstić information content (AvgIpc) is 2.24. The Bertz CT molecular complexity index is 183. The molecule has 96 valence electrons. The minimum Gasteiger partial charge on any atom is -0.381 e. The Kier molecular flexibility index (Phi) is 5.73. The molecule has 1 heterocycles. The van der Waals surface area contributed by atoms with Crippen LogP contribution in [-0.4, -0.2) is 38.5 Å². The van der Waals surface area contributed by atoms with Gasteiger partial charge < -0.3 is 14.8 Å². The highest BCUT2D eigenvalue weighted by atomic mass is 16.5. The Balaban J connectivity index is 2.31. The fourth-order valence-electron chi connectivity index (χ4n) is 1.94. The van der Waals surface area contributed by atoms with Crippen molar-refractivity contribution in [2.24, 2.45) is 5.41 Å². The molecule has 1 atom stereocenters. The van der Waals surface area contributed by atoms with Crippen LogP contribution >= 0.6 is 0 Å². The summed E-state index contributed by atoms with van der Waals surface area (Å²) in [4.78, 5) is 0. The zero-order valence-corrected chi connectivity index (χ0v) is 11.2. The van der Waals surface area contributed by atoms with Crippen LogP contribution in [0.25, 0.3) is 0 Å². The first-order valence-electron chi connectivity index (χ1n) is 6.46. The summed E-state index contributed by atoms with van der Waals surface area (Å²) >= 11 is 0. The van der Waals surface area contributed by atoms with Gasteiger partial charge in [0.1, 0.15) is 0 Å². The lowest BCUT2D eigenvalue weighted by molar-refractivity contribution is -0.0464. The molecule has 1 aliphatic rings. The zero-order chi connectivity index (χ0) is 12.0. The molecule has 0 bridgehead atoms. The number of nitrogens with one attached hydrogen (secondary N) is 1. The van der Waals surface area contributed by atoms with Crippen molar-refractivity contribution in [1.29, 1.82) is 0 Å². The first-order chi connectivity index (χ1) is 7.54. The van der Waals surface area contributed by atoms with Gasteiger partial charge >= 0.3 is 0 Å². The van der Waals surface area contributed by atoms with Crippen LogP contribution in [0.3, 0.4) is 0 Å². The Morgan fingerprint density at radius 2 is 1.94 bits per heavy atom. The maximum Gasteiger partial charge on any atom is 0.0628 e. The summed E-state index contributed by atoms with van der Waals surface area (Å²) in [6.45, 7) is 12.4. The first-order valence-corrected chi connectivity index (χ1v) is 6.46. The maximum absolute atomic E-state index is 5.98. The van der Waals surface area contributed by atoms with Crippen LogP contribution in [-0.2, 0) is 9.47 Å². The maximum atomic E-state index is 5.98. The fraction of sp³-hybridized carbons (Fsp3) is 1.00. The number of hydrogen-bond donors (Lipinski definition) is 1. The van der Waals surface area contributed by atoms with Crippen LogP contribution < -0.4 is 5.32 Å². The van der Waals surface area contributed by atoms with E-state index < -0.39 is 0 Å². The molecule has 1 fully saturated rings. The van der Waals surface area contributed by atoms with Crippen molar-refractivity contribution in [1.82, 2.24) is 5.32 Å². The second kappa shape index (κ2) is 6.58. The second-order valence-corrected chi connectivity index (χ2v) is 5.62. The van der Waals surface area contributed by atoms with Crippen molar-refractivity contribution >= 4 is 0 Å². The summed E-state index contributed by atoms with van der Waals surface area (Å²) in [5.41, 5.74) is 0.251. The van der Waals surface area contributed by atoms with E-state index in [1.54, 1.807) is 0 Å². The third kappa shape index (κ3) is 4.81. The van der Waals surface area contributed by atoms with E-state index in [-0.39, 0.29) is 5.41 Å². The Hall–Kier alpha value is -0.120. The molecule has 1 saturated heterocycles. The molecule has 0 amide bonds. The summed E-state index contributed by atoms with van der Waals surface area (Å²) in [6.07, 6.45) is 2.49. The van der Waals surface area contributed by atoms with Gasteiger partial charge in [-0.2, -0.15) is 0 Å². The predicted octanol–water partition coefficient (Wildman–Crippen LogP) is 2.21. The number of hydrogen-bond acceptors (Lipinski definition) is 3. The normalized spacial score (nSPS) is 21.0. The lowest BCUT2D eigenvalue weighted by Crippen LogP contribution is -2.44. The Morgan fingerprint density at radius 3 is 2.44 bits per heavy atom. The number of likely N-dealkylation sites (N-methyl/N-ethyl adjacent to an activating group) is 1. The molecule has 0 aromatic rings. The lowest BCUT2D eigenvalue weighted by atomic mass is 9.87. The van der Waals surface area contributed by atoms with Crippen LogP contribution in [0.2, 0.25) is 0 Å². The first kappa shape index (κ1) is 13.9. The van der Waals surface area contributed by atoms with Gasteiger partial charge in [-0.3, -0.25) is 0 Å². The van der Waals surface area contributed by atoms with Crippen LogP contribution in [0, 0.1) is 5.41 Å². The van der Waals surface area contributed by atoms with Gasteiger partial charge in [0.25, 0.3) is 0 Å². The van der Waals surface area contributed by atoms with Crippen molar-refractivity contribution in [3.05, 3.63) is 0 Å². The minimum atomic E-state index is 0.251. The molecular weight excluding hydrogens is 202 g/mol. The van der Waals surface area contributed by atoms with E-state index in [1.165, 1.54) is 0 Å². The van der Waals surface area contributed by atoms with Gasteiger partial charge in [0.05, 0.1) is 12.7 Å². The van der Waals surface area contributed by atoms with Crippen molar-refractivity contribution in [3.63, 3.8) is 0 Å². The molecule has 1 N–H and O–H groups in total. The molecule has 3 nitrogen and oxygen atoms in total. The topological polar surface area (TPSA) is 30.5 Å². The van der Waals surface area contributed by atoms with Crippen molar-refractivity contribution in [2.45, 2.75) is 52.7 Å². The molecule has 3 heteroatoms. The molecule has 1 unspecified atom stereocenters. The third-order valence-corrected chi connectivity index (χ3v) is 3.16. The standard InChI is InChI=1S/C13H27NO2/c1-5-14-12(13(2,3)4)10-16-11-6-8-15-9-7-11/h11-12,14H,5-10H2,1-4H3. The van der Waals surface area contributed by atoms with Crippen LogP contribution in [0.5, 0.6) is 0 Å². The van der Waals surface area contributed by atoms with Gasteiger partial charge in [-0.15, -0.1) is 0 Å². The van der Waals surface area contributed by atoms with Crippen molar-refractivity contribution in [3.8, 4) is 0 Å². The highest BCUT2D eigenvalue weighted by Crippen LogP contribution is 2.21. The fourth-order valence-corrected chi connectivity index (χ4v) is 1.94. The van der Waals surface area contributed by atoms with E-state index in [9.17, 15) is 0 Å². The van der Waals surface area contributed by atoms with E-state index >= 15 is 0 Å². The highest BCUT2D eigenvalue weighted by molar-refractivity contribution is 4.80. The average molecular weight is 229 g/mol. The molecule has 0 aromatic carbocycles. The summed E-state index contributed by atoms with van der Waals surface area (Å²) in [5, 5.41) is 3.51. The van der Waals surface area contributed by atoms with E-state index in [2.05, 4.69) is 33.0 Å². The molecular formula is C13H27NO2. The smallest absolute Gasteiger partial charge is 0.0628 e. The van der Waals surface area contributed by atoms with Crippen molar-refractivity contribution < 1.29 is 9.47 Å². The van der Waals surface area contributed by atoms with Gasteiger partial charge in [-0.25, -0.2) is 0 Å². The third-order valence-electron chi connectivity index (χ3n) is 3.16. The lowest BCUT2D eigenvalue weighted by Gasteiger charge is -2.33. The highest BCUT2D eigenvalue weighted by Gasteiger charge is 2.25. The molecule has 1 aliphatic heterocycles. The van der Waals surface area contributed by atoms with Crippen LogP contribution in [0.15, 0.2) is 0 Å². The quantitative estimate of drug-likeness (QED) is 0.784. The molecule has 0 spiro atoms. The molecule has 0 saturated carbocycles. The number of rotatable bonds is 5. The molecule has 16 heavy (non-hydrogen) atoms. The van der Waals surface area contributed by atoms with Gasteiger partial charge in [-0.1, -0.05) is 27.7 Å².